The van der Waals surface area contributed by atoms with Gasteiger partial charge in [0.15, 0.2) is 0 Å². The number of amides is 1. The van der Waals surface area contributed by atoms with Gasteiger partial charge in [-0.15, -0.1) is 4.81 Å². The first-order valence-electron chi connectivity index (χ1n) is 3.62. The third kappa shape index (κ3) is 3.48. The molecule has 78 valence electrons. The van der Waals surface area contributed by atoms with Gasteiger partial charge in [-0.2, -0.15) is 0 Å². The van der Waals surface area contributed by atoms with Gasteiger partial charge in [-0.25, -0.2) is 14.8 Å². The van der Waals surface area contributed by atoms with Gasteiger partial charge in [0.1, 0.15) is 0 Å². The summed E-state index contributed by atoms with van der Waals surface area (Å²) < 4.78 is 4.29. The second kappa shape index (κ2) is 4.66. The van der Waals surface area contributed by atoms with Crippen LogP contribution in [0.4, 0.5) is 0 Å². The summed E-state index contributed by atoms with van der Waals surface area (Å²) >= 11 is 0. The van der Waals surface area contributed by atoms with E-state index in [0.29, 0.717) is 6.08 Å². The number of carbonyl (C=O) groups excluding carboxylic acids is 2. The van der Waals surface area contributed by atoms with Crippen molar-refractivity contribution in [1.29, 1.82) is 0 Å². The van der Waals surface area contributed by atoms with Crippen LogP contribution in [-0.2, 0) is 14.3 Å². The molecule has 0 saturated heterocycles. The molecule has 0 spiro atoms. The van der Waals surface area contributed by atoms with Crippen molar-refractivity contribution >= 4 is 11.9 Å². The molecule has 1 unspecified atom stereocenters. The number of hydrogen-bond acceptors (Lipinski definition) is 5. The molecule has 1 N–H and O–H groups in total. The average molecular weight is 201 g/mol. The Labute approximate surface area is 80.8 Å². The van der Waals surface area contributed by atoms with Crippen molar-refractivity contribution in [2.75, 3.05) is 6.73 Å². The fourth-order valence-electron chi connectivity index (χ4n) is 0.476. The number of carbonyl (C=O) groups is 2. The van der Waals surface area contributed by atoms with Gasteiger partial charge in [-0.05, 0) is 6.92 Å². The standard InChI is InChI=1S/C8H11NO5/c1-4-7(10)9(12,13)5-14-8(11)6(2)3/h4,12H,1-2,5H2,3H3. The lowest BCUT2D eigenvalue weighted by Gasteiger charge is -2.27. The Bertz CT molecular complexity index is 281. The van der Waals surface area contributed by atoms with E-state index in [2.05, 4.69) is 17.9 Å². The van der Waals surface area contributed by atoms with Crippen LogP contribution in [0.25, 0.3) is 0 Å². The molecule has 0 aromatic heterocycles. The highest BCUT2D eigenvalue weighted by molar-refractivity contribution is 5.87. The van der Waals surface area contributed by atoms with Crippen LogP contribution in [-0.4, -0.2) is 28.6 Å². The molecule has 1 amide bonds. The number of esters is 1. The molecular formula is C8H11NO5. The highest BCUT2D eigenvalue weighted by atomic mass is 16.9. The molecule has 0 aliphatic rings. The smallest absolute Gasteiger partial charge is 0.373 e. The first-order valence-corrected chi connectivity index (χ1v) is 3.62. The highest BCUT2D eigenvalue weighted by Crippen LogP contribution is 2.02. The van der Waals surface area contributed by atoms with Crippen molar-refractivity contribution in [1.82, 2.24) is 0 Å². The molecule has 0 saturated carbocycles. The van der Waals surface area contributed by atoms with Gasteiger partial charge in [0.05, 0.1) is 0 Å². The van der Waals surface area contributed by atoms with Crippen LogP contribution < -0.4 is 0 Å². The van der Waals surface area contributed by atoms with Crippen molar-refractivity contribution in [2.45, 2.75) is 6.92 Å². The zero-order valence-electron chi connectivity index (χ0n) is 7.73. The molecule has 6 heteroatoms. The predicted octanol–water partition coefficient (Wildman–Crippen LogP) is 0.480. The quantitative estimate of drug-likeness (QED) is 0.178. The summed E-state index contributed by atoms with van der Waals surface area (Å²) in [4.78, 5) is 19.2. The molecule has 1 atom stereocenters. The zero-order chi connectivity index (χ0) is 11.4. The normalized spacial score (nSPS) is 13.9. The lowest BCUT2D eigenvalue weighted by molar-refractivity contribution is -1.01. The Morgan fingerprint density at radius 3 is 2.50 bits per heavy atom. The predicted molar refractivity (Wildman–Crippen MR) is 46.4 cm³/mol. The topological polar surface area (TPSA) is 86.7 Å². The number of quaternary nitrogens is 1. The van der Waals surface area contributed by atoms with E-state index in [1.165, 1.54) is 6.92 Å². The number of hydrogen-bond donors (Lipinski definition) is 1. The Hall–Kier alpha value is -1.50. The summed E-state index contributed by atoms with van der Waals surface area (Å²) in [6.07, 6.45) is 0.640. The molecule has 0 aromatic rings. The lowest BCUT2D eigenvalue weighted by atomic mass is 10.4. The summed E-state index contributed by atoms with van der Waals surface area (Å²) in [5.74, 6) is -2.06. The van der Waals surface area contributed by atoms with Crippen molar-refractivity contribution in [3.63, 3.8) is 0 Å². The number of hydroxylamine groups is 4. The van der Waals surface area contributed by atoms with Crippen LogP contribution in [0, 0.1) is 5.21 Å². The third-order valence-corrected chi connectivity index (χ3v) is 1.24. The molecule has 6 nitrogen and oxygen atoms in total. The lowest BCUT2D eigenvalue weighted by Crippen LogP contribution is -2.45. The molecule has 0 fully saturated rings. The van der Waals surface area contributed by atoms with Crippen LogP contribution in [0.2, 0.25) is 0 Å². The monoisotopic (exact) mass is 201 g/mol. The summed E-state index contributed by atoms with van der Waals surface area (Å²) in [5, 5.41) is 19.8. The van der Waals surface area contributed by atoms with E-state index in [1.54, 1.807) is 0 Å². The minimum Gasteiger partial charge on any atom is -0.588 e. The van der Waals surface area contributed by atoms with Crippen LogP contribution in [0.1, 0.15) is 6.92 Å². The fourth-order valence-corrected chi connectivity index (χ4v) is 0.476. The van der Waals surface area contributed by atoms with Gasteiger partial charge in [0.25, 0.3) is 6.73 Å². The summed E-state index contributed by atoms with van der Waals surface area (Å²) in [7, 11) is 0. The number of rotatable bonds is 4. The summed E-state index contributed by atoms with van der Waals surface area (Å²) in [5.41, 5.74) is 0.0658. The maximum absolute atomic E-state index is 10.9. The summed E-state index contributed by atoms with van der Waals surface area (Å²) in [6, 6.07) is 0. The first-order chi connectivity index (χ1) is 6.31. The average Bonchev–Trinajstić information content (AvgIpc) is 2.12. The molecule has 0 aliphatic heterocycles. The Kier molecular flexibility index (Phi) is 4.16. The SMILES string of the molecule is C=CC(=O)[N+]([O-])(O)COC(=O)C(=C)C. The van der Waals surface area contributed by atoms with E-state index >= 15 is 0 Å². The fraction of sp³-hybridized carbons (Fsp3) is 0.250. The maximum atomic E-state index is 10.9. The highest BCUT2D eigenvalue weighted by Gasteiger charge is 2.24. The van der Waals surface area contributed by atoms with Gasteiger partial charge in [0, 0.05) is 11.6 Å². The van der Waals surface area contributed by atoms with Gasteiger partial charge >= 0.3 is 11.9 Å². The molecule has 0 heterocycles. The second-order valence-electron chi connectivity index (χ2n) is 2.59. The van der Waals surface area contributed by atoms with E-state index in [1.807, 2.05) is 0 Å². The molecule has 0 radical (unpaired) electrons. The van der Waals surface area contributed by atoms with E-state index in [4.69, 9.17) is 5.21 Å². The largest absolute Gasteiger partial charge is 0.588 e. The number of ether oxygens (including phenoxy) is 1. The van der Waals surface area contributed by atoms with E-state index < -0.39 is 23.4 Å². The van der Waals surface area contributed by atoms with Crippen molar-refractivity contribution in [3.05, 3.63) is 30.0 Å². The minimum atomic E-state index is -2.32. The Morgan fingerprint density at radius 1 is 1.64 bits per heavy atom. The molecule has 14 heavy (non-hydrogen) atoms. The van der Waals surface area contributed by atoms with Crippen molar-refractivity contribution < 1.29 is 24.3 Å². The molecule has 0 aliphatic carbocycles. The van der Waals surface area contributed by atoms with Gasteiger partial charge in [-0.3, -0.25) is 0 Å². The Morgan fingerprint density at radius 2 is 2.14 bits per heavy atom. The van der Waals surface area contributed by atoms with E-state index in [9.17, 15) is 14.8 Å². The van der Waals surface area contributed by atoms with Gasteiger partial charge < -0.3 is 9.94 Å². The van der Waals surface area contributed by atoms with Crippen molar-refractivity contribution in [2.24, 2.45) is 0 Å². The Balaban J connectivity index is 4.25. The second-order valence-corrected chi connectivity index (χ2v) is 2.59. The van der Waals surface area contributed by atoms with Crippen LogP contribution >= 0.6 is 0 Å². The molecule has 0 bridgehead atoms. The third-order valence-electron chi connectivity index (χ3n) is 1.24. The number of nitrogens with zero attached hydrogens (tertiary/aromatic N) is 1. The maximum Gasteiger partial charge on any atom is 0.373 e. The minimum absolute atomic E-state index is 0.0658. The van der Waals surface area contributed by atoms with E-state index in [-0.39, 0.29) is 5.57 Å². The zero-order valence-corrected chi connectivity index (χ0v) is 7.73. The van der Waals surface area contributed by atoms with Gasteiger partial charge in [-0.1, -0.05) is 13.2 Å². The molecule has 0 aromatic carbocycles. The molecular weight excluding hydrogens is 190 g/mol. The van der Waals surface area contributed by atoms with Crippen LogP contribution in [0.15, 0.2) is 24.8 Å². The first kappa shape index (κ1) is 12.5. The van der Waals surface area contributed by atoms with Gasteiger partial charge in [0.2, 0.25) is 0 Å². The molecule has 0 rings (SSSR count). The van der Waals surface area contributed by atoms with Crippen molar-refractivity contribution in [3.8, 4) is 0 Å². The summed E-state index contributed by atoms with van der Waals surface area (Å²) in [6.45, 7) is 6.61. The van der Waals surface area contributed by atoms with Crippen LogP contribution in [0.5, 0.6) is 0 Å². The van der Waals surface area contributed by atoms with Crippen LogP contribution in [0.3, 0.4) is 0 Å². The van der Waals surface area contributed by atoms with E-state index in [0.717, 1.165) is 0 Å².